The zero-order chi connectivity index (χ0) is 21.2. The number of morpholine rings is 1. The molecule has 162 valence electrons. The Morgan fingerprint density at radius 1 is 1.03 bits per heavy atom. The molecule has 2 aromatic heterocycles. The van der Waals surface area contributed by atoms with Crippen molar-refractivity contribution in [2.75, 3.05) is 57.4 Å². The molecule has 0 aliphatic carbocycles. The molecule has 0 bridgehead atoms. The third kappa shape index (κ3) is 4.26. The van der Waals surface area contributed by atoms with Gasteiger partial charge < -0.3 is 19.1 Å². The van der Waals surface area contributed by atoms with Crippen LogP contribution in [0, 0.1) is 6.92 Å². The monoisotopic (exact) mass is 421 g/mol. The van der Waals surface area contributed by atoms with Crippen LogP contribution < -0.4 is 4.90 Å². The molecule has 8 heteroatoms. The molecule has 0 radical (unpaired) electrons. The van der Waals surface area contributed by atoms with Crippen molar-refractivity contribution in [1.82, 2.24) is 19.9 Å². The van der Waals surface area contributed by atoms with Crippen LogP contribution >= 0.6 is 0 Å². The van der Waals surface area contributed by atoms with Gasteiger partial charge in [0.25, 0.3) is 5.91 Å². The predicted octanol–water partition coefficient (Wildman–Crippen LogP) is 2.33. The molecule has 2 fully saturated rings. The Bertz CT molecular complexity index is 1070. The van der Waals surface area contributed by atoms with Gasteiger partial charge in [0.2, 0.25) is 0 Å². The van der Waals surface area contributed by atoms with Crippen molar-refractivity contribution >= 4 is 22.6 Å². The fraction of sp³-hybridized carbons (Fsp3) is 0.435. The number of amides is 1. The van der Waals surface area contributed by atoms with Crippen LogP contribution in [-0.2, 0) is 11.3 Å². The predicted molar refractivity (Wildman–Crippen MR) is 117 cm³/mol. The number of rotatable bonds is 4. The maximum Gasteiger partial charge on any atom is 0.254 e. The van der Waals surface area contributed by atoms with Gasteiger partial charge in [0.15, 0.2) is 0 Å². The van der Waals surface area contributed by atoms with E-state index in [1.165, 1.54) is 0 Å². The van der Waals surface area contributed by atoms with Gasteiger partial charge in [-0.25, -0.2) is 4.98 Å². The molecular weight excluding hydrogens is 394 g/mol. The van der Waals surface area contributed by atoms with Gasteiger partial charge in [-0.2, -0.15) is 0 Å². The van der Waals surface area contributed by atoms with Crippen molar-refractivity contribution in [2.24, 2.45) is 0 Å². The van der Waals surface area contributed by atoms with Gasteiger partial charge in [-0.15, -0.1) is 0 Å². The van der Waals surface area contributed by atoms with E-state index in [0.717, 1.165) is 66.5 Å². The molecule has 4 heterocycles. The summed E-state index contributed by atoms with van der Waals surface area (Å²) in [4.78, 5) is 24.7. The van der Waals surface area contributed by atoms with E-state index >= 15 is 0 Å². The number of carbonyl (C=O) groups excluding carboxylic acids is 1. The van der Waals surface area contributed by atoms with Crippen LogP contribution in [0.2, 0.25) is 0 Å². The highest BCUT2D eigenvalue weighted by Crippen LogP contribution is 2.25. The largest absolute Gasteiger partial charge is 0.378 e. The smallest absolute Gasteiger partial charge is 0.254 e. The zero-order valence-electron chi connectivity index (χ0n) is 17.8. The third-order valence-corrected chi connectivity index (χ3v) is 5.99. The van der Waals surface area contributed by atoms with E-state index in [2.05, 4.69) is 15.0 Å². The lowest BCUT2D eigenvalue weighted by Gasteiger charge is -2.35. The Labute approximate surface area is 181 Å². The van der Waals surface area contributed by atoms with Gasteiger partial charge in [-0.3, -0.25) is 9.69 Å². The Balaban J connectivity index is 1.36. The van der Waals surface area contributed by atoms with Crippen LogP contribution in [0.25, 0.3) is 10.9 Å². The Kier molecular flexibility index (Phi) is 5.57. The van der Waals surface area contributed by atoms with Crippen LogP contribution in [0.1, 0.15) is 21.8 Å². The minimum absolute atomic E-state index is 0.0585. The number of anilines is 1. The van der Waals surface area contributed by atoms with Crippen molar-refractivity contribution in [3.8, 4) is 0 Å². The molecule has 31 heavy (non-hydrogen) atoms. The van der Waals surface area contributed by atoms with Gasteiger partial charge >= 0.3 is 0 Å². The molecular formula is C23H27N5O3. The summed E-state index contributed by atoms with van der Waals surface area (Å²) in [6, 6.07) is 11.9. The summed E-state index contributed by atoms with van der Waals surface area (Å²) < 4.78 is 10.6. The summed E-state index contributed by atoms with van der Waals surface area (Å²) in [7, 11) is 0. The number of fused-ring (bicyclic) bond motifs is 1. The summed E-state index contributed by atoms with van der Waals surface area (Å²) in [5.41, 5.74) is 2.55. The second-order valence-electron chi connectivity index (χ2n) is 8.14. The summed E-state index contributed by atoms with van der Waals surface area (Å²) in [5.74, 6) is 1.77. The van der Waals surface area contributed by atoms with E-state index < -0.39 is 0 Å². The highest BCUT2D eigenvalue weighted by molar-refractivity contribution is 6.07. The average molecular weight is 422 g/mol. The second-order valence-corrected chi connectivity index (χ2v) is 8.14. The first-order valence-corrected chi connectivity index (χ1v) is 10.8. The lowest BCUT2D eigenvalue weighted by molar-refractivity contribution is 0.0304. The van der Waals surface area contributed by atoms with E-state index in [4.69, 9.17) is 14.2 Å². The van der Waals surface area contributed by atoms with Gasteiger partial charge in [0, 0.05) is 57.3 Å². The van der Waals surface area contributed by atoms with Crippen molar-refractivity contribution in [2.45, 2.75) is 13.5 Å². The first-order chi connectivity index (χ1) is 15.2. The summed E-state index contributed by atoms with van der Waals surface area (Å²) >= 11 is 0. The number of carbonyl (C=O) groups is 1. The SMILES string of the molecule is Cc1cc(CN2CCN(c3cc(C(=O)N4CCOCC4)c4ccccc4n3)CC2)no1. The quantitative estimate of drug-likeness (QED) is 0.640. The van der Waals surface area contributed by atoms with Gasteiger partial charge in [0.1, 0.15) is 11.6 Å². The van der Waals surface area contributed by atoms with Crippen molar-refractivity contribution < 1.29 is 14.1 Å². The standard InChI is InChI=1S/C23H27N5O3/c1-17-14-18(25-31-17)16-26-6-8-27(9-7-26)22-15-20(19-4-2-3-5-21(19)24-22)23(29)28-10-12-30-13-11-28/h2-5,14-15H,6-13,16H2,1H3. The Morgan fingerprint density at radius 3 is 2.55 bits per heavy atom. The summed E-state index contributed by atoms with van der Waals surface area (Å²) in [6.45, 7) is 8.67. The van der Waals surface area contributed by atoms with Crippen molar-refractivity contribution in [3.63, 3.8) is 0 Å². The topological polar surface area (TPSA) is 74.9 Å². The van der Waals surface area contributed by atoms with Gasteiger partial charge in [-0.1, -0.05) is 23.4 Å². The maximum absolute atomic E-state index is 13.3. The maximum atomic E-state index is 13.3. The van der Waals surface area contributed by atoms with Gasteiger partial charge in [0.05, 0.1) is 30.0 Å². The molecule has 3 aromatic rings. The van der Waals surface area contributed by atoms with E-state index in [1.807, 2.05) is 48.2 Å². The number of hydrogen-bond donors (Lipinski definition) is 0. The van der Waals surface area contributed by atoms with Crippen LogP contribution in [0.15, 0.2) is 40.9 Å². The van der Waals surface area contributed by atoms with Crippen molar-refractivity contribution in [3.05, 3.63) is 53.4 Å². The lowest BCUT2D eigenvalue weighted by Crippen LogP contribution is -2.46. The molecule has 2 aliphatic heterocycles. The molecule has 1 amide bonds. The Morgan fingerprint density at radius 2 is 1.81 bits per heavy atom. The van der Waals surface area contributed by atoms with E-state index in [0.29, 0.717) is 26.3 Å². The first kappa shape index (κ1) is 20.0. The number of para-hydroxylation sites is 1. The summed E-state index contributed by atoms with van der Waals surface area (Å²) in [6.07, 6.45) is 0. The van der Waals surface area contributed by atoms with Crippen LogP contribution in [0.5, 0.6) is 0 Å². The van der Waals surface area contributed by atoms with Crippen LogP contribution in [0.4, 0.5) is 5.82 Å². The van der Waals surface area contributed by atoms with E-state index in [-0.39, 0.29) is 5.91 Å². The lowest BCUT2D eigenvalue weighted by atomic mass is 10.1. The third-order valence-electron chi connectivity index (χ3n) is 5.99. The minimum atomic E-state index is 0.0585. The number of benzene rings is 1. The Hall–Kier alpha value is -2.97. The van der Waals surface area contributed by atoms with Crippen molar-refractivity contribution in [1.29, 1.82) is 0 Å². The first-order valence-electron chi connectivity index (χ1n) is 10.8. The van der Waals surface area contributed by atoms with Gasteiger partial charge in [-0.05, 0) is 19.1 Å². The number of hydrogen-bond acceptors (Lipinski definition) is 7. The molecule has 0 unspecified atom stereocenters. The molecule has 8 nitrogen and oxygen atoms in total. The zero-order valence-corrected chi connectivity index (χ0v) is 17.8. The van der Waals surface area contributed by atoms with E-state index in [1.54, 1.807) is 0 Å². The number of aromatic nitrogens is 2. The number of ether oxygens (including phenoxy) is 1. The normalized spacial score (nSPS) is 18.0. The number of piperazine rings is 1. The fourth-order valence-corrected chi connectivity index (χ4v) is 4.29. The molecule has 0 saturated carbocycles. The highest BCUT2D eigenvalue weighted by atomic mass is 16.5. The summed E-state index contributed by atoms with van der Waals surface area (Å²) in [5, 5.41) is 5.01. The van der Waals surface area contributed by atoms with Crippen LogP contribution in [-0.4, -0.2) is 78.3 Å². The molecule has 0 spiro atoms. The number of pyridine rings is 1. The molecule has 5 rings (SSSR count). The average Bonchev–Trinajstić information content (AvgIpc) is 3.23. The molecule has 2 aliphatic rings. The fourth-order valence-electron chi connectivity index (χ4n) is 4.29. The second kappa shape index (κ2) is 8.64. The van der Waals surface area contributed by atoms with Crippen LogP contribution in [0.3, 0.4) is 0 Å². The molecule has 0 N–H and O–H groups in total. The number of aryl methyl sites for hydroxylation is 1. The van der Waals surface area contributed by atoms with E-state index in [9.17, 15) is 4.79 Å². The number of nitrogens with zero attached hydrogens (tertiary/aromatic N) is 5. The minimum Gasteiger partial charge on any atom is -0.378 e. The molecule has 0 atom stereocenters. The highest BCUT2D eigenvalue weighted by Gasteiger charge is 2.24. The molecule has 2 saturated heterocycles. The molecule has 1 aromatic carbocycles.